The van der Waals surface area contributed by atoms with E-state index in [0.29, 0.717) is 37.5 Å². The Hall–Kier alpha value is -1.89. The molecule has 2 aromatic rings. The van der Waals surface area contributed by atoms with Gasteiger partial charge in [0.05, 0.1) is 5.75 Å². The van der Waals surface area contributed by atoms with Crippen LogP contribution in [0.5, 0.6) is 0 Å². The van der Waals surface area contributed by atoms with E-state index in [1.165, 1.54) is 4.31 Å². The monoisotopic (exact) mass is 434 g/mol. The number of carbonyl (C=O) groups excluding carboxylic acids is 1. The fraction of sp³-hybridized carbons (Fsp3) is 0.409. The summed E-state index contributed by atoms with van der Waals surface area (Å²) < 4.78 is 27.0. The van der Waals surface area contributed by atoms with Crippen LogP contribution in [0, 0.1) is 12.8 Å². The van der Waals surface area contributed by atoms with Crippen molar-refractivity contribution in [2.24, 2.45) is 5.92 Å². The van der Waals surface area contributed by atoms with Crippen LogP contribution in [0.25, 0.3) is 0 Å². The zero-order valence-electron chi connectivity index (χ0n) is 16.6. The third-order valence-corrected chi connectivity index (χ3v) is 7.52. The molecule has 2 aromatic carbocycles. The van der Waals surface area contributed by atoms with Gasteiger partial charge < -0.3 is 5.32 Å². The van der Waals surface area contributed by atoms with Crippen LogP contribution in [0.2, 0.25) is 5.02 Å². The lowest BCUT2D eigenvalue weighted by atomic mass is 9.97. The number of halogens is 1. The maximum absolute atomic E-state index is 12.8. The standard InChI is InChI=1S/C22H27ClN2O3S/c1-17-4-2-3-5-20(17)16-29(27,28)25-14-11-19(12-15-25)22(26)24-13-10-18-6-8-21(23)9-7-18/h2-9,19H,10-16H2,1H3,(H,24,26). The molecule has 0 aliphatic carbocycles. The van der Waals surface area contributed by atoms with Gasteiger partial charge in [-0.05, 0) is 55.0 Å². The molecule has 5 nitrogen and oxygen atoms in total. The van der Waals surface area contributed by atoms with Crippen molar-refractivity contribution in [3.63, 3.8) is 0 Å². The predicted octanol–water partition coefficient (Wildman–Crippen LogP) is 3.55. The second kappa shape index (κ2) is 9.74. The van der Waals surface area contributed by atoms with Crippen LogP contribution in [0.4, 0.5) is 0 Å². The lowest BCUT2D eigenvalue weighted by molar-refractivity contribution is -0.126. The first-order chi connectivity index (χ1) is 13.8. The molecule has 1 heterocycles. The smallest absolute Gasteiger partial charge is 0.223 e. The highest BCUT2D eigenvalue weighted by Crippen LogP contribution is 2.22. The van der Waals surface area contributed by atoms with E-state index in [2.05, 4.69) is 5.32 Å². The summed E-state index contributed by atoms with van der Waals surface area (Å²) in [6, 6.07) is 15.1. The first kappa shape index (κ1) is 21.8. The number of aryl methyl sites for hydroxylation is 1. The van der Waals surface area contributed by atoms with E-state index in [-0.39, 0.29) is 17.6 Å². The van der Waals surface area contributed by atoms with E-state index in [1.54, 1.807) is 0 Å². The third-order valence-electron chi connectivity index (χ3n) is 5.44. The Bertz CT molecular complexity index is 937. The molecule has 0 atom stereocenters. The Morgan fingerprint density at radius 3 is 2.41 bits per heavy atom. The topological polar surface area (TPSA) is 66.5 Å². The van der Waals surface area contributed by atoms with E-state index in [0.717, 1.165) is 23.1 Å². The first-order valence-corrected chi connectivity index (χ1v) is 11.9. The Balaban J connectivity index is 1.46. The molecule has 0 unspecified atom stereocenters. The SMILES string of the molecule is Cc1ccccc1CS(=O)(=O)N1CCC(C(=O)NCCc2ccc(Cl)cc2)CC1. The van der Waals surface area contributed by atoms with Crippen molar-refractivity contribution < 1.29 is 13.2 Å². The Labute approximate surface area is 178 Å². The highest BCUT2D eigenvalue weighted by molar-refractivity contribution is 7.88. The fourth-order valence-corrected chi connectivity index (χ4v) is 5.37. The van der Waals surface area contributed by atoms with E-state index in [9.17, 15) is 13.2 Å². The van der Waals surface area contributed by atoms with Crippen LogP contribution in [0.1, 0.15) is 29.5 Å². The van der Waals surface area contributed by atoms with Crippen molar-refractivity contribution in [1.82, 2.24) is 9.62 Å². The lowest BCUT2D eigenvalue weighted by Gasteiger charge is -2.30. The Morgan fingerprint density at radius 1 is 1.10 bits per heavy atom. The summed E-state index contributed by atoms with van der Waals surface area (Å²) >= 11 is 5.88. The van der Waals surface area contributed by atoms with E-state index in [4.69, 9.17) is 11.6 Å². The molecule has 0 aromatic heterocycles. The maximum atomic E-state index is 12.8. The van der Waals surface area contributed by atoms with Gasteiger partial charge in [0, 0.05) is 30.6 Å². The van der Waals surface area contributed by atoms with Gasteiger partial charge in [0.2, 0.25) is 15.9 Å². The van der Waals surface area contributed by atoms with Crippen molar-refractivity contribution in [3.8, 4) is 0 Å². The summed E-state index contributed by atoms with van der Waals surface area (Å²) in [5.74, 6) is -0.113. The molecule has 1 saturated heterocycles. The summed E-state index contributed by atoms with van der Waals surface area (Å²) in [5, 5.41) is 3.67. The van der Waals surface area contributed by atoms with Gasteiger partial charge in [0.1, 0.15) is 0 Å². The van der Waals surface area contributed by atoms with Crippen LogP contribution < -0.4 is 5.32 Å². The molecule has 0 radical (unpaired) electrons. The summed E-state index contributed by atoms with van der Waals surface area (Å²) in [5.41, 5.74) is 2.92. The van der Waals surface area contributed by atoms with E-state index in [1.807, 2.05) is 55.5 Å². The van der Waals surface area contributed by atoms with Crippen molar-refractivity contribution in [2.75, 3.05) is 19.6 Å². The van der Waals surface area contributed by atoms with Gasteiger partial charge in [-0.25, -0.2) is 12.7 Å². The molecular weight excluding hydrogens is 408 g/mol. The van der Waals surface area contributed by atoms with Gasteiger partial charge in [-0.1, -0.05) is 48.0 Å². The van der Waals surface area contributed by atoms with Gasteiger partial charge >= 0.3 is 0 Å². The minimum atomic E-state index is -3.37. The van der Waals surface area contributed by atoms with Crippen molar-refractivity contribution in [3.05, 3.63) is 70.2 Å². The maximum Gasteiger partial charge on any atom is 0.223 e. The molecule has 29 heavy (non-hydrogen) atoms. The average Bonchev–Trinajstić information content (AvgIpc) is 2.71. The van der Waals surface area contributed by atoms with Crippen LogP contribution in [-0.2, 0) is 27.0 Å². The molecular formula is C22H27ClN2O3S. The highest BCUT2D eigenvalue weighted by atomic mass is 35.5. The first-order valence-electron chi connectivity index (χ1n) is 9.89. The van der Waals surface area contributed by atoms with Crippen LogP contribution in [-0.4, -0.2) is 38.3 Å². The Morgan fingerprint density at radius 2 is 1.76 bits per heavy atom. The van der Waals surface area contributed by atoms with Crippen LogP contribution in [0.3, 0.4) is 0 Å². The second-order valence-corrected chi connectivity index (χ2v) is 9.93. The molecule has 1 N–H and O–H groups in total. The number of amides is 1. The Kier molecular flexibility index (Phi) is 7.33. The van der Waals surface area contributed by atoms with Crippen LogP contribution >= 0.6 is 11.6 Å². The summed E-state index contributed by atoms with van der Waals surface area (Å²) in [6.45, 7) is 3.27. The number of rotatable bonds is 7. The van der Waals surface area contributed by atoms with Gasteiger partial charge in [-0.3, -0.25) is 4.79 Å². The molecule has 0 saturated carbocycles. The highest BCUT2D eigenvalue weighted by Gasteiger charge is 2.31. The summed E-state index contributed by atoms with van der Waals surface area (Å²) in [7, 11) is -3.37. The quantitative estimate of drug-likeness (QED) is 0.724. The average molecular weight is 435 g/mol. The molecule has 0 spiro atoms. The van der Waals surface area contributed by atoms with E-state index >= 15 is 0 Å². The second-order valence-electron chi connectivity index (χ2n) is 7.52. The molecule has 3 rings (SSSR count). The molecule has 1 fully saturated rings. The molecule has 1 aliphatic rings. The minimum Gasteiger partial charge on any atom is -0.356 e. The molecule has 7 heteroatoms. The van der Waals surface area contributed by atoms with Crippen LogP contribution in [0.15, 0.2) is 48.5 Å². The number of sulfonamides is 1. The largest absolute Gasteiger partial charge is 0.356 e. The fourth-order valence-electron chi connectivity index (χ4n) is 3.58. The number of nitrogens with zero attached hydrogens (tertiary/aromatic N) is 1. The summed E-state index contributed by atoms with van der Waals surface area (Å²) in [6.07, 6.45) is 1.85. The number of piperidine rings is 1. The summed E-state index contributed by atoms with van der Waals surface area (Å²) in [4.78, 5) is 12.4. The van der Waals surface area contributed by atoms with Gasteiger partial charge in [0.25, 0.3) is 0 Å². The van der Waals surface area contributed by atoms with Gasteiger partial charge in [-0.2, -0.15) is 0 Å². The third kappa shape index (κ3) is 6.04. The zero-order chi connectivity index (χ0) is 20.9. The van der Waals surface area contributed by atoms with Gasteiger partial charge in [0.15, 0.2) is 0 Å². The van der Waals surface area contributed by atoms with E-state index < -0.39 is 10.0 Å². The molecule has 1 aliphatic heterocycles. The molecule has 1 amide bonds. The number of hydrogen-bond acceptors (Lipinski definition) is 3. The lowest BCUT2D eigenvalue weighted by Crippen LogP contribution is -2.43. The number of hydrogen-bond donors (Lipinski definition) is 1. The normalized spacial score (nSPS) is 15.9. The number of nitrogens with one attached hydrogen (secondary N) is 1. The van der Waals surface area contributed by atoms with Crippen molar-refractivity contribution in [2.45, 2.75) is 31.9 Å². The number of carbonyl (C=O) groups is 1. The molecule has 0 bridgehead atoms. The minimum absolute atomic E-state index is 0.00918. The number of benzene rings is 2. The van der Waals surface area contributed by atoms with Crippen molar-refractivity contribution in [1.29, 1.82) is 0 Å². The zero-order valence-corrected chi connectivity index (χ0v) is 18.2. The predicted molar refractivity (Wildman–Crippen MR) is 116 cm³/mol. The molecule has 156 valence electrons. The van der Waals surface area contributed by atoms with Gasteiger partial charge in [-0.15, -0.1) is 0 Å². The van der Waals surface area contributed by atoms with Crippen molar-refractivity contribution >= 4 is 27.5 Å².